The van der Waals surface area contributed by atoms with E-state index in [4.69, 9.17) is 0 Å². The normalized spacial score (nSPS) is 9.40. The van der Waals surface area contributed by atoms with E-state index in [0.717, 1.165) is 21.2 Å². The number of hydrogen-bond donors (Lipinski definition) is 1. The molecule has 0 aliphatic heterocycles. The van der Waals surface area contributed by atoms with Crippen LogP contribution in [-0.4, -0.2) is 11.7 Å². The summed E-state index contributed by atoms with van der Waals surface area (Å²) in [5, 5.41) is 3.06. The maximum absolute atomic E-state index is 14.9. The van der Waals surface area contributed by atoms with Crippen molar-refractivity contribution in [2.45, 2.75) is 34.2 Å². The number of rotatable bonds is 6. The number of benzene rings is 2. The van der Waals surface area contributed by atoms with E-state index in [2.05, 4.69) is 44.5 Å². The molecule has 0 spiro atoms. The fraction of sp³-hybridized carbons (Fsp3) is 0.200. The molecular weight excluding hydrogens is 441 g/mol. The summed E-state index contributed by atoms with van der Waals surface area (Å²) in [6.45, 7) is 15.8. The molecule has 0 atom stereocenters. The minimum atomic E-state index is -0.390. The van der Waals surface area contributed by atoms with Crippen LogP contribution < -0.4 is 5.32 Å². The minimum absolute atomic E-state index is 0.219. The SMILES string of the molecule is C=Cc1cc(-c2ccnc(NCc3ccc(Br)cc3)c2F)ccc1N=C.CC.CC. The first-order valence-corrected chi connectivity index (χ1v) is 10.8. The summed E-state index contributed by atoms with van der Waals surface area (Å²) in [5.41, 5.74) is 3.76. The maximum Gasteiger partial charge on any atom is 0.173 e. The van der Waals surface area contributed by atoms with Crippen molar-refractivity contribution in [3.63, 3.8) is 0 Å². The smallest absolute Gasteiger partial charge is 0.173 e. The van der Waals surface area contributed by atoms with Crippen molar-refractivity contribution >= 4 is 40.2 Å². The van der Waals surface area contributed by atoms with E-state index in [0.29, 0.717) is 17.8 Å². The molecule has 0 aliphatic carbocycles. The predicted octanol–water partition coefficient (Wildman–Crippen LogP) is 8.29. The zero-order valence-corrected chi connectivity index (χ0v) is 19.6. The van der Waals surface area contributed by atoms with Gasteiger partial charge in [0.25, 0.3) is 0 Å². The maximum atomic E-state index is 14.9. The summed E-state index contributed by atoms with van der Waals surface area (Å²) in [5.74, 6) is -0.171. The molecule has 158 valence electrons. The molecule has 1 aromatic heterocycles. The molecule has 3 rings (SSSR count). The van der Waals surface area contributed by atoms with Gasteiger partial charge in [-0.1, -0.05) is 74.5 Å². The van der Waals surface area contributed by atoms with Crippen LogP contribution in [0.5, 0.6) is 0 Å². The zero-order valence-electron chi connectivity index (χ0n) is 18.0. The molecule has 30 heavy (non-hydrogen) atoms. The van der Waals surface area contributed by atoms with Crippen molar-refractivity contribution in [3.8, 4) is 11.1 Å². The van der Waals surface area contributed by atoms with Crippen molar-refractivity contribution in [3.05, 3.63) is 82.7 Å². The van der Waals surface area contributed by atoms with Crippen LogP contribution in [0.3, 0.4) is 0 Å². The predicted molar refractivity (Wildman–Crippen MR) is 133 cm³/mol. The molecule has 0 bridgehead atoms. The van der Waals surface area contributed by atoms with Crippen LogP contribution in [-0.2, 0) is 6.54 Å². The molecular formula is C25H29BrFN3. The van der Waals surface area contributed by atoms with Crippen molar-refractivity contribution < 1.29 is 4.39 Å². The van der Waals surface area contributed by atoms with Gasteiger partial charge in [-0.2, -0.15) is 0 Å². The highest BCUT2D eigenvalue weighted by molar-refractivity contribution is 9.10. The van der Waals surface area contributed by atoms with Gasteiger partial charge in [-0.25, -0.2) is 9.37 Å². The third-order valence-electron chi connectivity index (χ3n) is 3.99. The largest absolute Gasteiger partial charge is 0.364 e. The van der Waals surface area contributed by atoms with Gasteiger partial charge < -0.3 is 5.32 Å². The van der Waals surface area contributed by atoms with Crippen LogP contribution in [0.2, 0.25) is 0 Å². The van der Waals surface area contributed by atoms with Gasteiger partial charge in [0.15, 0.2) is 11.6 Å². The number of pyridine rings is 1. The van der Waals surface area contributed by atoms with Crippen LogP contribution in [0.15, 0.2) is 70.8 Å². The van der Waals surface area contributed by atoms with E-state index in [9.17, 15) is 4.39 Å². The second-order valence-electron chi connectivity index (χ2n) is 5.64. The lowest BCUT2D eigenvalue weighted by Crippen LogP contribution is -2.04. The average Bonchev–Trinajstić information content (AvgIpc) is 2.81. The number of nitrogens with zero attached hydrogens (tertiary/aromatic N) is 2. The Kier molecular flexibility index (Phi) is 11.3. The molecule has 0 saturated heterocycles. The van der Waals surface area contributed by atoms with Crippen LogP contribution in [0.4, 0.5) is 15.9 Å². The first-order chi connectivity index (χ1) is 14.6. The van der Waals surface area contributed by atoms with Gasteiger partial charge >= 0.3 is 0 Å². The molecule has 3 aromatic rings. The molecule has 0 saturated carbocycles. The third-order valence-corrected chi connectivity index (χ3v) is 4.52. The second kappa shape index (κ2) is 13.4. The van der Waals surface area contributed by atoms with Gasteiger partial charge in [-0.05, 0) is 48.2 Å². The first kappa shape index (κ1) is 25.2. The fourth-order valence-corrected chi connectivity index (χ4v) is 2.87. The zero-order chi connectivity index (χ0) is 22.5. The summed E-state index contributed by atoms with van der Waals surface area (Å²) in [6, 6.07) is 14.9. The Bertz CT molecular complexity index is 953. The lowest BCUT2D eigenvalue weighted by atomic mass is 10.0. The van der Waals surface area contributed by atoms with Crippen LogP contribution in [0, 0.1) is 5.82 Å². The van der Waals surface area contributed by atoms with Crippen LogP contribution in [0.25, 0.3) is 17.2 Å². The highest BCUT2D eigenvalue weighted by Gasteiger charge is 2.12. The van der Waals surface area contributed by atoms with Gasteiger partial charge in [0.1, 0.15) is 0 Å². The molecule has 2 aromatic carbocycles. The Morgan fingerprint density at radius 2 is 1.73 bits per heavy atom. The van der Waals surface area contributed by atoms with E-state index in [1.807, 2.05) is 64.1 Å². The Morgan fingerprint density at radius 1 is 1.07 bits per heavy atom. The molecule has 3 nitrogen and oxygen atoms in total. The van der Waals surface area contributed by atoms with Gasteiger partial charge in [0, 0.05) is 28.3 Å². The number of aliphatic imine (C=N–C) groups is 1. The van der Waals surface area contributed by atoms with Crippen molar-refractivity contribution in [2.75, 3.05) is 5.32 Å². The molecule has 0 aliphatic rings. The number of anilines is 1. The Hall–Kier alpha value is -2.79. The van der Waals surface area contributed by atoms with E-state index in [-0.39, 0.29) is 11.6 Å². The van der Waals surface area contributed by atoms with Gasteiger partial charge in [-0.15, -0.1) is 0 Å². The van der Waals surface area contributed by atoms with E-state index in [1.165, 1.54) is 0 Å². The van der Waals surface area contributed by atoms with Gasteiger partial charge in [-0.3, -0.25) is 4.99 Å². The Balaban J connectivity index is 0.00000106. The number of nitrogens with one attached hydrogen (secondary N) is 1. The van der Waals surface area contributed by atoms with E-state index in [1.54, 1.807) is 24.4 Å². The molecule has 1 N–H and O–H groups in total. The number of hydrogen-bond acceptors (Lipinski definition) is 3. The highest BCUT2D eigenvalue weighted by Crippen LogP contribution is 2.31. The topological polar surface area (TPSA) is 37.3 Å². The summed E-state index contributed by atoms with van der Waals surface area (Å²) in [4.78, 5) is 8.07. The molecule has 0 amide bonds. The summed E-state index contributed by atoms with van der Waals surface area (Å²) in [6.07, 6.45) is 3.27. The average molecular weight is 470 g/mol. The Morgan fingerprint density at radius 3 is 2.33 bits per heavy atom. The minimum Gasteiger partial charge on any atom is -0.364 e. The van der Waals surface area contributed by atoms with E-state index < -0.39 is 0 Å². The molecule has 0 fully saturated rings. The number of aromatic nitrogens is 1. The van der Waals surface area contributed by atoms with Crippen LogP contribution in [0.1, 0.15) is 38.8 Å². The summed E-state index contributed by atoms with van der Waals surface area (Å²) < 4.78 is 16.0. The number of halogens is 2. The molecule has 0 unspecified atom stereocenters. The lowest BCUT2D eigenvalue weighted by molar-refractivity contribution is 0.628. The second-order valence-corrected chi connectivity index (χ2v) is 6.55. The van der Waals surface area contributed by atoms with Gasteiger partial charge in [0.2, 0.25) is 0 Å². The quantitative estimate of drug-likeness (QED) is 0.368. The first-order valence-electron chi connectivity index (χ1n) is 9.99. The van der Waals surface area contributed by atoms with Crippen molar-refractivity contribution in [2.24, 2.45) is 4.99 Å². The summed E-state index contributed by atoms with van der Waals surface area (Å²) >= 11 is 3.40. The monoisotopic (exact) mass is 469 g/mol. The van der Waals surface area contributed by atoms with Crippen molar-refractivity contribution in [1.29, 1.82) is 0 Å². The Labute approximate surface area is 187 Å². The van der Waals surface area contributed by atoms with Gasteiger partial charge in [0.05, 0.1) is 5.69 Å². The highest BCUT2D eigenvalue weighted by atomic mass is 79.9. The van der Waals surface area contributed by atoms with Crippen molar-refractivity contribution in [1.82, 2.24) is 4.98 Å². The lowest BCUT2D eigenvalue weighted by Gasteiger charge is -2.11. The molecule has 5 heteroatoms. The van der Waals surface area contributed by atoms with E-state index >= 15 is 0 Å². The fourth-order valence-electron chi connectivity index (χ4n) is 2.61. The third kappa shape index (κ3) is 6.63. The summed E-state index contributed by atoms with van der Waals surface area (Å²) in [7, 11) is 0. The molecule has 1 heterocycles. The van der Waals surface area contributed by atoms with Crippen LogP contribution >= 0.6 is 15.9 Å². The standard InChI is InChI=1S/C21H17BrFN3.2C2H6/c1-3-15-12-16(6-9-19(15)24-2)18-10-11-25-21(20(18)23)26-13-14-4-7-17(22)8-5-14;2*1-2/h3-12H,1-2,13H2,(H,25,26);2*1-2H3. The molecule has 0 radical (unpaired) electrons.